The van der Waals surface area contributed by atoms with E-state index in [1.165, 1.54) is 77.2 Å². The first-order chi connectivity index (χ1) is 70.8. The van der Waals surface area contributed by atoms with Gasteiger partial charge < -0.3 is 17.7 Å². The normalized spacial score (nSPS) is 13.2. The van der Waals surface area contributed by atoms with Crippen LogP contribution in [0.1, 0.15) is 49.9 Å². The summed E-state index contributed by atoms with van der Waals surface area (Å²) in [5, 5.41) is 22.4. The fraction of sp³-hybridized carbons (Fsp3) is 0.0448. The van der Waals surface area contributed by atoms with Crippen molar-refractivity contribution in [3.05, 3.63) is 435 Å². The maximum Gasteiger partial charge on any atom is 0.144 e. The molecule has 8 heterocycles. The number of nitrogens with zero attached hydrogens (tertiary/aromatic N) is 4. The highest BCUT2D eigenvalue weighted by molar-refractivity contribution is 7.21. The average Bonchev–Trinajstić information content (AvgIpc) is 1.53. The summed E-state index contributed by atoms with van der Waals surface area (Å²) in [4.78, 5) is 27.7. The number of hydrogen-bond donors (Lipinski definition) is 0. The second-order valence-electron chi connectivity index (χ2n) is 40.0. The van der Waals surface area contributed by atoms with Crippen LogP contribution in [0.4, 0.5) is 0 Å². The van der Waals surface area contributed by atoms with Crippen LogP contribution in [0, 0.1) is 0 Å². The lowest BCUT2D eigenvalue weighted by Crippen LogP contribution is -2.14. The minimum atomic E-state index is -0.123. The van der Waals surface area contributed by atoms with Gasteiger partial charge in [0.05, 0.1) is 41.6 Å². The summed E-state index contributed by atoms with van der Waals surface area (Å²) in [7, 11) is 0. The number of aromatic nitrogens is 4. The zero-order chi connectivity index (χ0) is 94.8. The van der Waals surface area contributed by atoms with Crippen molar-refractivity contribution in [1.82, 2.24) is 19.9 Å². The van der Waals surface area contributed by atoms with E-state index in [1.54, 1.807) is 22.7 Å². The Morgan fingerprint density at radius 1 is 0.167 bits per heavy atom. The van der Waals surface area contributed by atoms with Crippen molar-refractivity contribution in [2.24, 2.45) is 0 Å². The molecule has 8 aromatic heterocycles. The standard InChI is InChI=1S/C72H46N2O2S.C62H34N2O2S/c1-71(2)57-17-9-5-13-47(57)49-29-23-41(35-59(49)71)39-21-27-45-46-28-22-40(42-24-30-50-48-14-6-10-18-58(48)72(3,4)60(50)36-42)34-56(46)66-65(55(45)33-39)73-67-68(74-66)70(44-26-32-54-52-16-8-12-20-62(52)76-64(54)38-44)77-69(67)43-25-31-53-51-15-7-11-19-61(51)75-63(53)37-43;1-3-13-37-31-39(25-23-35(37)11-1)41-27-29-43-44-30-28-42(40-26-24-36-12-2-4-14-38(36)32-40)34-52(44)56-55(51(43)33-41)63-57-58(64-56)62(50-20-10-18-48-46-16-6-8-22-54(46)66-60(48)50)67-61(57)49-19-9-17-47-45-15-5-7-21-53(45)65-59(47)49/h5-38H,1-4H3;1-34H. The topological polar surface area (TPSA) is 104 Å². The number of rotatable bonds is 8. The van der Waals surface area contributed by atoms with E-state index in [-0.39, 0.29) is 10.8 Å². The fourth-order valence-electron chi connectivity index (χ4n) is 24.1. The summed E-state index contributed by atoms with van der Waals surface area (Å²) in [6.45, 7) is 9.42. The third-order valence-electron chi connectivity index (χ3n) is 31.3. The van der Waals surface area contributed by atoms with Crippen LogP contribution >= 0.6 is 22.7 Å². The van der Waals surface area contributed by atoms with Gasteiger partial charge >= 0.3 is 0 Å². The predicted molar refractivity (Wildman–Crippen MR) is 603 cm³/mol. The van der Waals surface area contributed by atoms with Crippen molar-refractivity contribution in [2.75, 3.05) is 0 Å². The molecule has 0 spiro atoms. The van der Waals surface area contributed by atoms with Gasteiger partial charge in [0.2, 0.25) is 0 Å². The molecule has 0 unspecified atom stereocenters. The van der Waals surface area contributed by atoms with Gasteiger partial charge in [-0.25, -0.2) is 19.9 Å². The van der Waals surface area contributed by atoms with Gasteiger partial charge in [-0.1, -0.05) is 331 Å². The summed E-state index contributed by atoms with van der Waals surface area (Å²) in [6.07, 6.45) is 0. The largest absolute Gasteiger partial charge is 0.456 e. The van der Waals surface area contributed by atoms with E-state index in [4.69, 9.17) is 37.6 Å². The Balaban J connectivity index is 0.000000133. The number of fused-ring (bicyclic) bond motifs is 34. The van der Waals surface area contributed by atoms with Crippen molar-refractivity contribution in [1.29, 1.82) is 0 Å². The predicted octanol–water partition coefficient (Wildman–Crippen LogP) is 38.2. The van der Waals surface area contributed by atoms with Crippen LogP contribution in [-0.2, 0) is 10.8 Å². The number of hydrogen-bond acceptors (Lipinski definition) is 10. The third-order valence-corrected chi connectivity index (χ3v) is 33.8. The van der Waals surface area contributed by atoms with Crippen molar-refractivity contribution < 1.29 is 17.7 Å². The Morgan fingerprint density at radius 3 is 0.840 bits per heavy atom. The van der Waals surface area contributed by atoms with Crippen LogP contribution in [0.5, 0.6) is 0 Å². The molecule has 8 nitrogen and oxygen atoms in total. The van der Waals surface area contributed by atoms with Crippen LogP contribution < -0.4 is 0 Å². The average molecular weight is 1870 g/mol. The smallest absolute Gasteiger partial charge is 0.144 e. The summed E-state index contributed by atoms with van der Waals surface area (Å²) in [5.74, 6) is 0. The van der Waals surface area contributed by atoms with Crippen molar-refractivity contribution >= 4 is 219 Å². The maximum absolute atomic E-state index is 6.74. The molecule has 0 saturated carbocycles. The van der Waals surface area contributed by atoms with Crippen LogP contribution in [0.2, 0.25) is 0 Å². The lowest BCUT2D eigenvalue weighted by atomic mass is 9.81. The number of benzene rings is 22. The Morgan fingerprint density at radius 2 is 0.438 bits per heavy atom. The Kier molecular flexibility index (Phi) is 17.1. The SMILES string of the molecule is CC1(C)c2ccccc2-c2ccc(-c3ccc4c5ccc(-c6ccc7c(c6)C(C)(C)c6ccccc6-7)cc5c5nc6c(-c7ccc8c(c7)oc7ccccc78)sc(-c7ccc8c(c7)oc7ccccc78)c6nc5c4c3)cc21.c1ccc2cc(-c3ccc4c5ccc(-c6ccc7ccccc7c6)cc5c5nc6c(-c7cccc8c7oc7ccccc78)sc(-c7cccc8c7oc7ccccc78)c6nc5c4c3)ccc2c1. The first-order valence-electron chi connectivity index (χ1n) is 49.2. The van der Waals surface area contributed by atoms with E-state index in [9.17, 15) is 0 Å². The molecule has 10 heteroatoms. The minimum Gasteiger partial charge on any atom is -0.456 e. The zero-order valence-corrected chi connectivity index (χ0v) is 80.1. The van der Waals surface area contributed by atoms with Gasteiger partial charge in [-0.2, -0.15) is 0 Å². The fourth-order valence-corrected chi connectivity index (χ4v) is 26.5. The number of furan rings is 4. The molecule has 0 atom stereocenters. The van der Waals surface area contributed by atoms with E-state index in [0.717, 1.165) is 250 Å². The second-order valence-corrected chi connectivity index (χ2v) is 42.0. The van der Waals surface area contributed by atoms with Crippen LogP contribution in [0.25, 0.3) is 305 Å². The van der Waals surface area contributed by atoms with Crippen molar-refractivity contribution in [2.45, 2.75) is 38.5 Å². The monoisotopic (exact) mass is 1870 g/mol. The summed E-state index contributed by atoms with van der Waals surface area (Å²) in [6, 6.07) is 149. The molecule has 2 aliphatic rings. The van der Waals surface area contributed by atoms with Gasteiger partial charge in [-0.3, -0.25) is 0 Å². The molecular formula is C134H80N4O4S2. The second kappa shape index (κ2) is 30.4. The molecule has 0 amide bonds. The Bertz CT molecular complexity index is 10300. The van der Waals surface area contributed by atoms with Crippen molar-refractivity contribution in [3.8, 4) is 109 Å². The molecule has 32 rings (SSSR count). The molecule has 2 aliphatic carbocycles. The minimum absolute atomic E-state index is 0.123. The van der Waals surface area contributed by atoms with E-state index >= 15 is 0 Å². The molecule has 0 saturated heterocycles. The Hall–Kier alpha value is -17.8. The number of thiophene rings is 2. The van der Waals surface area contributed by atoms with Crippen molar-refractivity contribution in [3.63, 3.8) is 0 Å². The first kappa shape index (κ1) is 81.1. The summed E-state index contributed by atoms with van der Waals surface area (Å²) >= 11 is 3.44. The van der Waals surface area contributed by atoms with Gasteiger partial charge in [0.25, 0.3) is 0 Å². The highest BCUT2D eigenvalue weighted by atomic mass is 32.1. The van der Waals surface area contributed by atoms with Gasteiger partial charge in [-0.05, 0) is 252 Å². The molecule has 30 aromatic rings. The molecule has 22 aromatic carbocycles. The van der Waals surface area contributed by atoms with Crippen LogP contribution in [0.15, 0.2) is 430 Å². The summed E-state index contributed by atoms with van der Waals surface area (Å²) < 4.78 is 26.6. The molecule has 0 bridgehead atoms. The highest BCUT2D eigenvalue weighted by Gasteiger charge is 2.38. The third kappa shape index (κ3) is 12.0. The lowest BCUT2D eigenvalue weighted by molar-refractivity contribution is 0.660. The quantitative estimate of drug-likeness (QED) is 0.139. The molecule has 0 fully saturated rings. The first-order valence-corrected chi connectivity index (χ1v) is 50.9. The molecular weight excluding hydrogens is 1790 g/mol. The molecule has 0 radical (unpaired) electrons. The molecule has 0 aliphatic heterocycles. The van der Waals surface area contributed by atoms with E-state index < -0.39 is 0 Å². The molecule has 144 heavy (non-hydrogen) atoms. The Labute approximate surface area is 832 Å². The van der Waals surface area contributed by atoms with Gasteiger partial charge in [0.1, 0.15) is 66.7 Å². The van der Waals surface area contributed by atoms with Gasteiger partial charge in [0, 0.05) is 86.6 Å². The van der Waals surface area contributed by atoms with Gasteiger partial charge in [0.15, 0.2) is 0 Å². The zero-order valence-electron chi connectivity index (χ0n) is 78.5. The summed E-state index contributed by atoms with van der Waals surface area (Å²) in [5.41, 5.74) is 37.4. The highest BCUT2D eigenvalue weighted by Crippen LogP contribution is 2.57. The maximum atomic E-state index is 6.74. The number of para-hydroxylation sites is 6. The van der Waals surface area contributed by atoms with E-state index in [1.807, 2.05) is 48.5 Å². The molecule has 0 N–H and O–H groups in total. The lowest BCUT2D eigenvalue weighted by Gasteiger charge is -2.22. The molecule has 672 valence electrons. The van der Waals surface area contributed by atoms with Crippen LogP contribution in [0.3, 0.4) is 0 Å². The van der Waals surface area contributed by atoms with Gasteiger partial charge in [-0.15, -0.1) is 22.7 Å². The van der Waals surface area contributed by atoms with Crippen LogP contribution in [-0.4, -0.2) is 19.9 Å². The van der Waals surface area contributed by atoms with E-state index in [0.29, 0.717) is 0 Å². The van der Waals surface area contributed by atoms with E-state index in [2.05, 4.69) is 392 Å².